The van der Waals surface area contributed by atoms with E-state index in [4.69, 9.17) is 4.74 Å². The first-order valence-corrected chi connectivity index (χ1v) is 9.96. The van der Waals surface area contributed by atoms with E-state index in [9.17, 15) is 4.79 Å². The molecule has 5 nitrogen and oxygen atoms in total. The minimum atomic E-state index is 0.157. The number of rotatable bonds is 8. The zero-order valence-corrected chi connectivity index (χ0v) is 15.7. The summed E-state index contributed by atoms with van der Waals surface area (Å²) in [6.45, 7) is 6.50. The summed E-state index contributed by atoms with van der Waals surface area (Å²) in [5, 5.41) is 4.28. The third kappa shape index (κ3) is 5.76. The van der Waals surface area contributed by atoms with Gasteiger partial charge in [0.2, 0.25) is 5.91 Å². The molecule has 1 aliphatic heterocycles. The lowest BCUT2D eigenvalue weighted by molar-refractivity contribution is -0.122. The van der Waals surface area contributed by atoms with E-state index in [-0.39, 0.29) is 11.9 Å². The van der Waals surface area contributed by atoms with Gasteiger partial charge in [-0.25, -0.2) is 4.98 Å². The SMILES string of the molecule is CC(CN1CCOCC1)NC(=O)CCCCc1nc2ccccc2s1. The van der Waals surface area contributed by atoms with Crippen molar-refractivity contribution in [2.45, 2.75) is 38.6 Å². The molecule has 0 saturated carbocycles. The van der Waals surface area contributed by atoms with Crippen LogP contribution in [-0.2, 0) is 16.0 Å². The second kappa shape index (κ2) is 9.27. The second-order valence-electron chi connectivity index (χ2n) is 6.66. The van der Waals surface area contributed by atoms with Gasteiger partial charge in [-0.3, -0.25) is 9.69 Å². The summed E-state index contributed by atoms with van der Waals surface area (Å²) in [5.74, 6) is 0.157. The van der Waals surface area contributed by atoms with Crippen LogP contribution in [0, 0.1) is 0 Å². The Balaban J connectivity index is 1.32. The van der Waals surface area contributed by atoms with Gasteiger partial charge in [0.25, 0.3) is 0 Å². The molecule has 2 aromatic rings. The maximum Gasteiger partial charge on any atom is 0.220 e. The van der Waals surface area contributed by atoms with E-state index in [1.807, 2.05) is 12.1 Å². The Morgan fingerprint density at radius 3 is 2.92 bits per heavy atom. The lowest BCUT2D eigenvalue weighted by Gasteiger charge is -2.29. The normalized spacial score (nSPS) is 16.8. The maximum atomic E-state index is 12.1. The first-order chi connectivity index (χ1) is 12.2. The van der Waals surface area contributed by atoms with Crippen molar-refractivity contribution in [3.63, 3.8) is 0 Å². The minimum absolute atomic E-state index is 0.157. The molecule has 0 bridgehead atoms. The number of benzene rings is 1. The Morgan fingerprint density at radius 1 is 1.32 bits per heavy atom. The van der Waals surface area contributed by atoms with Gasteiger partial charge in [-0.05, 0) is 38.3 Å². The first-order valence-electron chi connectivity index (χ1n) is 9.14. The fourth-order valence-electron chi connectivity index (χ4n) is 3.15. The molecule has 2 heterocycles. The van der Waals surface area contributed by atoms with Crippen molar-refractivity contribution < 1.29 is 9.53 Å². The number of aromatic nitrogens is 1. The summed E-state index contributed by atoms with van der Waals surface area (Å²) in [7, 11) is 0. The van der Waals surface area contributed by atoms with E-state index in [1.54, 1.807) is 11.3 Å². The standard InChI is InChI=1S/C19H27N3O2S/c1-15(14-22-10-12-24-13-11-22)20-18(23)8-4-5-9-19-21-16-6-2-3-7-17(16)25-19/h2-3,6-7,15H,4-5,8-14H2,1H3,(H,20,23). The number of aryl methyl sites for hydroxylation is 1. The summed E-state index contributed by atoms with van der Waals surface area (Å²) in [5.41, 5.74) is 1.08. The van der Waals surface area contributed by atoms with Crippen LogP contribution in [0.4, 0.5) is 0 Å². The second-order valence-corrected chi connectivity index (χ2v) is 7.78. The molecule has 0 radical (unpaired) electrons. The molecular weight excluding hydrogens is 334 g/mol. The summed E-state index contributed by atoms with van der Waals surface area (Å²) < 4.78 is 6.59. The summed E-state index contributed by atoms with van der Waals surface area (Å²) in [4.78, 5) is 19.1. The van der Waals surface area contributed by atoms with Crippen molar-refractivity contribution in [1.82, 2.24) is 15.2 Å². The largest absolute Gasteiger partial charge is 0.379 e. The maximum absolute atomic E-state index is 12.1. The van der Waals surface area contributed by atoms with Crippen molar-refractivity contribution in [3.05, 3.63) is 29.3 Å². The average Bonchev–Trinajstić information content (AvgIpc) is 3.02. The van der Waals surface area contributed by atoms with Crippen molar-refractivity contribution in [2.24, 2.45) is 0 Å². The quantitative estimate of drug-likeness (QED) is 0.735. The number of amides is 1. The number of ether oxygens (including phenoxy) is 1. The first kappa shape index (κ1) is 18.3. The molecule has 25 heavy (non-hydrogen) atoms. The number of nitrogens with one attached hydrogen (secondary N) is 1. The van der Waals surface area contributed by atoms with Gasteiger partial charge in [-0.1, -0.05) is 12.1 Å². The van der Waals surface area contributed by atoms with E-state index in [0.29, 0.717) is 6.42 Å². The van der Waals surface area contributed by atoms with Crippen LogP contribution in [0.5, 0.6) is 0 Å². The molecule has 1 saturated heterocycles. The molecule has 0 spiro atoms. The smallest absolute Gasteiger partial charge is 0.220 e. The van der Waals surface area contributed by atoms with Crippen LogP contribution in [0.1, 0.15) is 31.2 Å². The number of nitrogens with zero attached hydrogens (tertiary/aromatic N) is 2. The fourth-order valence-corrected chi connectivity index (χ4v) is 4.16. The third-order valence-electron chi connectivity index (χ3n) is 4.43. The van der Waals surface area contributed by atoms with Gasteiger partial charge in [-0.2, -0.15) is 0 Å². The predicted octanol–water partition coefficient (Wildman–Crippen LogP) is 2.85. The zero-order valence-electron chi connectivity index (χ0n) is 14.9. The number of morpholine rings is 1. The molecule has 6 heteroatoms. The van der Waals surface area contributed by atoms with Gasteiger partial charge in [0.05, 0.1) is 28.4 Å². The van der Waals surface area contributed by atoms with Gasteiger partial charge < -0.3 is 10.1 Å². The highest BCUT2D eigenvalue weighted by atomic mass is 32.1. The van der Waals surface area contributed by atoms with Gasteiger partial charge in [-0.15, -0.1) is 11.3 Å². The molecule has 1 N–H and O–H groups in total. The van der Waals surface area contributed by atoms with E-state index < -0.39 is 0 Å². The summed E-state index contributed by atoms with van der Waals surface area (Å²) in [6, 6.07) is 8.43. The van der Waals surface area contributed by atoms with Crippen molar-refractivity contribution >= 4 is 27.5 Å². The Bertz CT molecular complexity index is 649. The number of carbonyl (C=O) groups is 1. The minimum Gasteiger partial charge on any atom is -0.379 e. The average molecular weight is 362 g/mol. The molecule has 1 aliphatic rings. The Hall–Kier alpha value is -1.50. The molecule has 0 aliphatic carbocycles. The summed E-state index contributed by atoms with van der Waals surface area (Å²) in [6.07, 6.45) is 3.46. The Labute approximate surface area is 153 Å². The number of thiazole rings is 1. The highest BCUT2D eigenvalue weighted by molar-refractivity contribution is 7.18. The van der Waals surface area contributed by atoms with Gasteiger partial charge in [0.15, 0.2) is 0 Å². The monoisotopic (exact) mass is 361 g/mol. The van der Waals surface area contributed by atoms with Gasteiger partial charge >= 0.3 is 0 Å². The molecule has 1 aromatic heterocycles. The predicted molar refractivity (Wildman–Crippen MR) is 102 cm³/mol. The van der Waals surface area contributed by atoms with Crippen molar-refractivity contribution in [2.75, 3.05) is 32.8 Å². The molecule has 1 amide bonds. The lowest BCUT2D eigenvalue weighted by Crippen LogP contribution is -2.45. The number of hydrogen-bond donors (Lipinski definition) is 1. The number of hydrogen-bond acceptors (Lipinski definition) is 5. The number of carbonyl (C=O) groups excluding carboxylic acids is 1. The van der Waals surface area contributed by atoms with E-state index in [0.717, 1.165) is 57.6 Å². The van der Waals surface area contributed by atoms with Crippen LogP contribution in [0.15, 0.2) is 24.3 Å². The van der Waals surface area contributed by atoms with Crippen molar-refractivity contribution in [3.8, 4) is 0 Å². The van der Waals surface area contributed by atoms with Gasteiger partial charge in [0.1, 0.15) is 0 Å². The summed E-state index contributed by atoms with van der Waals surface area (Å²) >= 11 is 1.76. The third-order valence-corrected chi connectivity index (χ3v) is 5.52. The fraction of sp³-hybridized carbons (Fsp3) is 0.579. The van der Waals surface area contributed by atoms with E-state index in [2.05, 4.69) is 34.3 Å². The molecule has 1 unspecified atom stereocenters. The number of fused-ring (bicyclic) bond motifs is 1. The number of para-hydroxylation sites is 1. The van der Waals surface area contributed by atoms with Crippen molar-refractivity contribution in [1.29, 1.82) is 0 Å². The van der Waals surface area contributed by atoms with Crippen LogP contribution in [-0.4, -0.2) is 54.7 Å². The molecule has 1 atom stereocenters. The van der Waals surface area contributed by atoms with E-state index >= 15 is 0 Å². The molecule has 136 valence electrons. The number of unbranched alkanes of at least 4 members (excludes halogenated alkanes) is 1. The molecule has 1 fully saturated rings. The lowest BCUT2D eigenvalue weighted by atomic mass is 10.2. The van der Waals surface area contributed by atoms with Crippen LogP contribution < -0.4 is 5.32 Å². The van der Waals surface area contributed by atoms with Crippen LogP contribution in [0.3, 0.4) is 0 Å². The van der Waals surface area contributed by atoms with Crippen LogP contribution >= 0.6 is 11.3 Å². The van der Waals surface area contributed by atoms with E-state index in [1.165, 1.54) is 9.71 Å². The highest BCUT2D eigenvalue weighted by Crippen LogP contribution is 2.22. The van der Waals surface area contributed by atoms with Crippen LogP contribution in [0.25, 0.3) is 10.2 Å². The molecule has 3 rings (SSSR count). The van der Waals surface area contributed by atoms with Crippen LogP contribution in [0.2, 0.25) is 0 Å². The highest BCUT2D eigenvalue weighted by Gasteiger charge is 2.15. The topological polar surface area (TPSA) is 54.5 Å². The molecular formula is C19H27N3O2S. The Kier molecular flexibility index (Phi) is 6.78. The zero-order chi connectivity index (χ0) is 17.5. The molecule has 1 aromatic carbocycles. The Morgan fingerprint density at radius 2 is 2.12 bits per heavy atom. The van der Waals surface area contributed by atoms with Gasteiger partial charge in [0, 0.05) is 32.1 Å².